The van der Waals surface area contributed by atoms with Crippen molar-refractivity contribution in [1.82, 2.24) is 15.1 Å². The second-order valence-corrected chi connectivity index (χ2v) is 10.7. The molecule has 1 saturated heterocycles. The topological polar surface area (TPSA) is 93.4 Å². The van der Waals surface area contributed by atoms with Crippen LogP contribution in [0.2, 0.25) is 0 Å². The number of amides is 1. The lowest BCUT2D eigenvalue weighted by Gasteiger charge is -2.28. The predicted molar refractivity (Wildman–Crippen MR) is 109 cm³/mol. The van der Waals surface area contributed by atoms with Crippen LogP contribution in [0.4, 0.5) is 0 Å². The Balaban J connectivity index is 1.69. The number of aryl methyl sites for hydroxylation is 2. The number of hydrogen-bond acceptors (Lipinski definition) is 7. The van der Waals surface area contributed by atoms with E-state index in [9.17, 15) is 13.2 Å². The van der Waals surface area contributed by atoms with Crippen LogP contribution in [0.5, 0.6) is 0 Å². The van der Waals surface area contributed by atoms with Gasteiger partial charge in [-0.05, 0) is 46.2 Å². The summed E-state index contributed by atoms with van der Waals surface area (Å²) in [6.45, 7) is 8.13. The molecular formula is C19H25N3O4S2. The number of benzene rings is 1. The Labute approximate surface area is 169 Å². The van der Waals surface area contributed by atoms with Gasteiger partial charge in [0, 0.05) is 18.2 Å². The number of carbonyl (C=O) groups excluding carboxylic acids is 1. The summed E-state index contributed by atoms with van der Waals surface area (Å²) in [7, 11) is -3.04. The van der Waals surface area contributed by atoms with Gasteiger partial charge in [0.05, 0.1) is 16.8 Å². The first-order chi connectivity index (χ1) is 13.2. The van der Waals surface area contributed by atoms with Gasteiger partial charge in [-0.3, -0.25) is 4.79 Å². The van der Waals surface area contributed by atoms with Crippen molar-refractivity contribution in [3.63, 3.8) is 0 Å². The molecule has 0 spiro atoms. The van der Waals surface area contributed by atoms with Crippen molar-refractivity contribution < 1.29 is 17.6 Å². The second-order valence-electron chi connectivity index (χ2n) is 7.19. The number of thioether (sulfide) groups is 1. The molecule has 1 fully saturated rings. The lowest BCUT2D eigenvalue weighted by molar-refractivity contribution is -0.131. The smallest absolute Gasteiger partial charge is 0.277 e. The molecule has 28 heavy (non-hydrogen) atoms. The first kappa shape index (κ1) is 20.9. The molecule has 1 aromatic heterocycles. The summed E-state index contributed by atoms with van der Waals surface area (Å²) >= 11 is 1.20. The van der Waals surface area contributed by atoms with Crippen molar-refractivity contribution in [2.75, 3.05) is 18.1 Å². The Morgan fingerprint density at radius 1 is 1.29 bits per heavy atom. The van der Waals surface area contributed by atoms with E-state index in [1.54, 1.807) is 11.8 Å². The van der Waals surface area contributed by atoms with Gasteiger partial charge < -0.3 is 9.32 Å². The zero-order valence-corrected chi connectivity index (χ0v) is 18.1. The molecule has 0 unspecified atom stereocenters. The summed E-state index contributed by atoms with van der Waals surface area (Å²) in [6, 6.07) is 5.77. The highest BCUT2D eigenvalue weighted by Crippen LogP contribution is 2.29. The minimum atomic E-state index is -3.04. The van der Waals surface area contributed by atoms with Gasteiger partial charge in [0.1, 0.15) is 0 Å². The Kier molecular flexibility index (Phi) is 6.14. The van der Waals surface area contributed by atoms with Gasteiger partial charge in [-0.1, -0.05) is 29.0 Å². The van der Waals surface area contributed by atoms with Crippen molar-refractivity contribution in [2.45, 2.75) is 50.6 Å². The van der Waals surface area contributed by atoms with Crippen LogP contribution in [0, 0.1) is 13.8 Å². The SMILES string of the molecule is CCN(C(=O)[C@H](C)Sc1nnc(-c2cc(C)cc(C)c2)o1)[C@H]1CCS(=O)(=O)C1. The maximum Gasteiger partial charge on any atom is 0.277 e. The fraction of sp³-hybridized carbons (Fsp3) is 0.526. The minimum Gasteiger partial charge on any atom is -0.411 e. The van der Waals surface area contributed by atoms with Crippen molar-refractivity contribution in [3.8, 4) is 11.5 Å². The van der Waals surface area contributed by atoms with Gasteiger partial charge in [-0.15, -0.1) is 10.2 Å². The van der Waals surface area contributed by atoms with E-state index in [0.717, 1.165) is 16.7 Å². The molecule has 2 heterocycles. The summed E-state index contributed by atoms with van der Waals surface area (Å²) in [5.74, 6) is 0.497. The number of sulfone groups is 1. The van der Waals surface area contributed by atoms with Gasteiger partial charge in [-0.25, -0.2) is 8.42 Å². The minimum absolute atomic E-state index is 0.0430. The second kappa shape index (κ2) is 8.24. The molecule has 0 radical (unpaired) electrons. The quantitative estimate of drug-likeness (QED) is 0.660. The molecule has 1 aliphatic heterocycles. The van der Waals surface area contributed by atoms with E-state index in [4.69, 9.17) is 4.42 Å². The van der Waals surface area contributed by atoms with E-state index in [1.165, 1.54) is 11.8 Å². The van der Waals surface area contributed by atoms with Gasteiger partial charge in [0.15, 0.2) is 9.84 Å². The van der Waals surface area contributed by atoms with Crippen molar-refractivity contribution in [3.05, 3.63) is 29.3 Å². The molecule has 3 rings (SSSR count). The first-order valence-electron chi connectivity index (χ1n) is 9.28. The van der Waals surface area contributed by atoms with Crippen molar-refractivity contribution in [2.24, 2.45) is 0 Å². The summed E-state index contributed by atoms with van der Waals surface area (Å²) < 4.78 is 29.3. The lowest BCUT2D eigenvalue weighted by Crippen LogP contribution is -2.44. The molecule has 9 heteroatoms. The average molecular weight is 424 g/mol. The van der Waals surface area contributed by atoms with Gasteiger partial charge in [0.2, 0.25) is 11.8 Å². The third-order valence-corrected chi connectivity index (χ3v) is 7.45. The fourth-order valence-corrected chi connectivity index (χ4v) is 6.01. The van der Waals surface area contributed by atoms with Gasteiger partial charge in [0.25, 0.3) is 5.22 Å². The van der Waals surface area contributed by atoms with E-state index in [0.29, 0.717) is 24.1 Å². The number of aromatic nitrogens is 2. The number of rotatable bonds is 6. The third-order valence-electron chi connectivity index (χ3n) is 4.77. The van der Waals surface area contributed by atoms with Crippen LogP contribution in [0.1, 0.15) is 31.4 Å². The zero-order valence-electron chi connectivity index (χ0n) is 16.5. The number of hydrogen-bond donors (Lipinski definition) is 0. The van der Waals surface area contributed by atoms with Crippen LogP contribution in [-0.4, -0.2) is 58.8 Å². The molecule has 0 saturated carbocycles. The Bertz CT molecular complexity index is 951. The van der Waals surface area contributed by atoms with Crippen molar-refractivity contribution >= 4 is 27.5 Å². The zero-order chi connectivity index (χ0) is 20.5. The Hall–Kier alpha value is -1.87. The van der Waals surface area contributed by atoms with Crippen LogP contribution in [0.25, 0.3) is 11.5 Å². The van der Waals surface area contributed by atoms with E-state index >= 15 is 0 Å². The van der Waals surface area contributed by atoms with Gasteiger partial charge in [-0.2, -0.15) is 0 Å². The first-order valence-corrected chi connectivity index (χ1v) is 12.0. The number of nitrogens with zero attached hydrogens (tertiary/aromatic N) is 3. The van der Waals surface area contributed by atoms with Gasteiger partial charge >= 0.3 is 0 Å². The third kappa shape index (κ3) is 4.75. The molecule has 152 valence electrons. The van der Waals surface area contributed by atoms with Crippen molar-refractivity contribution in [1.29, 1.82) is 0 Å². The monoisotopic (exact) mass is 423 g/mol. The normalized spacial score (nSPS) is 19.5. The molecule has 0 aliphatic carbocycles. The molecule has 1 aromatic carbocycles. The largest absolute Gasteiger partial charge is 0.411 e. The Morgan fingerprint density at radius 3 is 2.54 bits per heavy atom. The van der Waals surface area contributed by atoms with Crippen LogP contribution < -0.4 is 0 Å². The van der Waals surface area contributed by atoms with Crippen LogP contribution in [-0.2, 0) is 14.6 Å². The highest BCUT2D eigenvalue weighted by Gasteiger charge is 2.35. The summed E-state index contributed by atoms with van der Waals surface area (Å²) in [5, 5.41) is 8.04. The summed E-state index contributed by atoms with van der Waals surface area (Å²) in [4.78, 5) is 14.5. The van der Waals surface area contributed by atoms with E-state index < -0.39 is 15.1 Å². The summed E-state index contributed by atoms with van der Waals surface area (Å²) in [5.41, 5.74) is 3.06. The molecule has 0 N–H and O–H groups in total. The van der Waals surface area contributed by atoms with Crippen LogP contribution >= 0.6 is 11.8 Å². The predicted octanol–water partition coefficient (Wildman–Crippen LogP) is 2.87. The number of carbonyl (C=O) groups is 1. The molecule has 1 amide bonds. The maximum atomic E-state index is 12.9. The van der Waals surface area contributed by atoms with Crippen LogP contribution in [0.3, 0.4) is 0 Å². The Morgan fingerprint density at radius 2 is 1.96 bits per heavy atom. The molecule has 1 aliphatic rings. The highest BCUT2D eigenvalue weighted by atomic mass is 32.2. The standard InChI is InChI=1S/C19H25N3O4S2/c1-5-22(16-6-7-28(24,25)11-16)18(23)14(4)27-19-21-20-17(26-19)15-9-12(2)8-13(3)10-15/h8-10,14,16H,5-7,11H2,1-4H3/t14-,16-/m0/s1. The van der Waals surface area contributed by atoms with Crippen LogP contribution in [0.15, 0.2) is 27.8 Å². The highest BCUT2D eigenvalue weighted by molar-refractivity contribution is 8.00. The molecule has 7 nitrogen and oxygen atoms in total. The maximum absolute atomic E-state index is 12.9. The van der Waals surface area contributed by atoms with E-state index in [1.807, 2.05) is 32.9 Å². The molecular weight excluding hydrogens is 398 g/mol. The fourth-order valence-electron chi connectivity index (χ4n) is 3.52. The van der Waals surface area contributed by atoms with E-state index in [2.05, 4.69) is 16.3 Å². The molecule has 2 aromatic rings. The lowest BCUT2D eigenvalue weighted by atomic mass is 10.1. The molecule has 2 atom stereocenters. The molecule has 0 bridgehead atoms. The average Bonchev–Trinajstić information content (AvgIpc) is 3.21. The van der Waals surface area contributed by atoms with E-state index in [-0.39, 0.29) is 23.5 Å². The summed E-state index contributed by atoms with van der Waals surface area (Å²) in [6.07, 6.45) is 0.497.